The van der Waals surface area contributed by atoms with Crippen molar-refractivity contribution >= 4 is 34.0 Å². The molecular weight excluding hydrogens is 357 g/mol. The van der Waals surface area contributed by atoms with Gasteiger partial charge in [-0.2, -0.15) is 18.2 Å². The molecule has 0 fully saturated rings. The molecule has 0 radical (unpaired) electrons. The molecule has 1 amide bonds. The van der Waals surface area contributed by atoms with Crippen molar-refractivity contribution in [3.8, 4) is 0 Å². The summed E-state index contributed by atoms with van der Waals surface area (Å²) in [5, 5.41) is 6.24. The highest BCUT2D eigenvalue weighted by atomic mass is 32.1. The summed E-state index contributed by atoms with van der Waals surface area (Å²) in [5.41, 5.74) is 4.01. The maximum atomic E-state index is 12.9. The van der Waals surface area contributed by atoms with Crippen molar-refractivity contribution in [2.45, 2.75) is 32.4 Å². The first kappa shape index (κ1) is 18.9. The van der Waals surface area contributed by atoms with Crippen LogP contribution in [0.15, 0.2) is 6.20 Å². The van der Waals surface area contributed by atoms with Crippen LogP contribution in [0.2, 0.25) is 0 Å². The highest BCUT2D eigenvalue weighted by Crippen LogP contribution is 2.36. The van der Waals surface area contributed by atoms with Crippen LogP contribution in [0.5, 0.6) is 0 Å². The monoisotopic (exact) mass is 374 g/mol. The first-order valence-electron chi connectivity index (χ1n) is 7.13. The molecule has 11 heteroatoms. The zero-order valence-corrected chi connectivity index (χ0v) is 14.8. The van der Waals surface area contributed by atoms with E-state index in [0.29, 0.717) is 21.9 Å². The van der Waals surface area contributed by atoms with Crippen LogP contribution in [0.4, 0.5) is 29.9 Å². The Hall–Kier alpha value is -2.43. The SMILES string of the molecule is CNc1nc(Nc2sc(C(C)(C)C(N)=O)nc2C)ncc1C(F)(F)F. The second-order valence-electron chi connectivity index (χ2n) is 5.75. The summed E-state index contributed by atoms with van der Waals surface area (Å²) in [6, 6.07) is 0. The third-order valence-electron chi connectivity index (χ3n) is 3.50. The molecule has 136 valence electrons. The second kappa shape index (κ2) is 6.47. The van der Waals surface area contributed by atoms with Gasteiger partial charge in [0.1, 0.15) is 21.4 Å². The molecule has 0 aliphatic rings. The van der Waals surface area contributed by atoms with Gasteiger partial charge in [-0.05, 0) is 20.8 Å². The van der Waals surface area contributed by atoms with Crippen molar-refractivity contribution in [2.75, 3.05) is 17.7 Å². The number of hydrogen-bond acceptors (Lipinski definition) is 7. The van der Waals surface area contributed by atoms with Crippen molar-refractivity contribution in [3.63, 3.8) is 0 Å². The molecule has 7 nitrogen and oxygen atoms in total. The average molecular weight is 374 g/mol. The molecule has 0 saturated heterocycles. The molecule has 2 heterocycles. The number of halogens is 3. The molecule has 0 aliphatic carbocycles. The van der Waals surface area contributed by atoms with Crippen LogP contribution in [0.3, 0.4) is 0 Å². The molecule has 4 N–H and O–H groups in total. The fourth-order valence-electron chi connectivity index (χ4n) is 1.83. The zero-order chi connectivity index (χ0) is 19.0. The summed E-state index contributed by atoms with van der Waals surface area (Å²) in [4.78, 5) is 23.4. The lowest BCUT2D eigenvalue weighted by Crippen LogP contribution is -2.35. The van der Waals surface area contributed by atoms with Crippen LogP contribution in [-0.2, 0) is 16.4 Å². The number of aromatic nitrogens is 3. The number of anilines is 3. The molecule has 0 aliphatic heterocycles. The first-order valence-corrected chi connectivity index (χ1v) is 7.95. The molecule has 0 atom stereocenters. The minimum atomic E-state index is -4.56. The number of alkyl halides is 3. The summed E-state index contributed by atoms with van der Waals surface area (Å²) < 4.78 is 38.6. The number of primary amides is 1. The number of nitrogens with two attached hydrogens (primary N) is 1. The minimum absolute atomic E-state index is 0.0208. The lowest BCUT2D eigenvalue weighted by atomic mass is 9.94. The van der Waals surface area contributed by atoms with E-state index in [1.54, 1.807) is 20.8 Å². The summed E-state index contributed by atoms with van der Waals surface area (Å²) in [6.45, 7) is 4.98. The predicted molar refractivity (Wildman–Crippen MR) is 88.9 cm³/mol. The summed E-state index contributed by atoms with van der Waals surface area (Å²) in [6.07, 6.45) is -3.86. The van der Waals surface area contributed by atoms with Crippen LogP contribution in [0.25, 0.3) is 0 Å². The standard InChI is InChI=1S/C14H17F3N6OS/c1-6-9(25-11(21-6)13(2,3)10(18)24)23-12-20-5-7(14(15,16)17)8(19-4)22-12/h5H,1-4H3,(H2,18,24)(H2,19,20,22,23). The molecular formula is C14H17F3N6OS. The smallest absolute Gasteiger partial charge is 0.372 e. The lowest BCUT2D eigenvalue weighted by molar-refractivity contribution is -0.137. The fourth-order valence-corrected chi connectivity index (χ4v) is 2.89. The van der Waals surface area contributed by atoms with Crippen LogP contribution >= 0.6 is 11.3 Å². The number of nitrogens with one attached hydrogen (secondary N) is 2. The number of carbonyl (C=O) groups is 1. The highest BCUT2D eigenvalue weighted by molar-refractivity contribution is 7.16. The van der Waals surface area contributed by atoms with E-state index in [-0.39, 0.29) is 11.8 Å². The van der Waals surface area contributed by atoms with E-state index in [1.807, 2.05) is 0 Å². The zero-order valence-electron chi connectivity index (χ0n) is 13.9. The molecule has 2 aromatic rings. The van der Waals surface area contributed by atoms with Gasteiger partial charge in [0.2, 0.25) is 11.9 Å². The Morgan fingerprint density at radius 2 is 1.92 bits per heavy atom. The van der Waals surface area contributed by atoms with Crippen molar-refractivity contribution in [3.05, 3.63) is 22.5 Å². The molecule has 25 heavy (non-hydrogen) atoms. The number of amides is 1. The van der Waals surface area contributed by atoms with Crippen LogP contribution in [0, 0.1) is 6.92 Å². The van der Waals surface area contributed by atoms with Crippen LogP contribution in [0.1, 0.15) is 30.1 Å². The average Bonchev–Trinajstić information content (AvgIpc) is 2.87. The molecule has 0 spiro atoms. The van der Waals surface area contributed by atoms with Gasteiger partial charge in [0.25, 0.3) is 0 Å². The number of thiazole rings is 1. The van der Waals surface area contributed by atoms with Crippen molar-refractivity contribution in [2.24, 2.45) is 5.73 Å². The Labute approximate surface area is 145 Å². The van der Waals surface area contributed by atoms with E-state index >= 15 is 0 Å². The molecule has 2 aromatic heterocycles. The lowest BCUT2D eigenvalue weighted by Gasteiger charge is -2.16. The van der Waals surface area contributed by atoms with Gasteiger partial charge in [-0.3, -0.25) is 4.79 Å². The molecule has 0 unspecified atom stereocenters. The molecule has 0 saturated carbocycles. The Morgan fingerprint density at radius 3 is 2.44 bits per heavy atom. The van der Waals surface area contributed by atoms with E-state index in [4.69, 9.17) is 5.73 Å². The third-order valence-corrected chi connectivity index (χ3v) is 4.90. The van der Waals surface area contributed by atoms with Gasteiger partial charge in [-0.25, -0.2) is 9.97 Å². The van der Waals surface area contributed by atoms with E-state index in [1.165, 1.54) is 18.4 Å². The number of nitrogens with zero attached hydrogens (tertiary/aromatic N) is 3. The van der Waals surface area contributed by atoms with Gasteiger partial charge in [-0.15, -0.1) is 0 Å². The Bertz CT molecular complexity index is 802. The molecule has 2 rings (SSSR count). The quantitative estimate of drug-likeness (QED) is 0.743. The van der Waals surface area contributed by atoms with Crippen molar-refractivity contribution in [1.29, 1.82) is 0 Å². The summed E-state index contributed by atoms with van der Waals surface area (Å²) in [5.74, 6) is -0.895. The van der Waals surface area contributed by atoms with Crippen LogP contribution in [-0.4, -0.2) is 27.9 Å². The first-order chi connectivity index (χ1) is 11.5. The van der Waals surface area contributed by atoms with Gasteiger partial charge >= 0.3 is 6.18 Å². The van der Waals surface area contributed by atoms with Crippen LogP contribution < -0.4 is 16.4 Å². The van der Waals surface area contributed by atoms with Crippen molar-refractivity contribution < 1.29 is 18.0 Å². The Morgan fingerprint density at radius 1 is 1.28 bits per heavy atom. The summed E-state index contributed by atoms with van der Waals surface area (Å²) in [7, 11) is 1.34. The van der Waals surface area contributed by atoms with Gasteiger partial charge in [0.15, 0.2) is 0 Å². The minimum Gasteiger partial charge on any atom is -0.372 e. The van der Waals surface area contributed by atoms with Gasteiger partial charge in [0.05, 0.1) is 11.1 Å². The topological polar surface area (TPSA) is 106 Å². The number of hydrogen-bond donors (Lipinski definition) is 3. The van der Waals surface area contributed by atoms with E-state index in [9.17, 15) is 18.0 Å². The second-order valence-corrected chi connectivity index (χ2v) is 6.75. The fraction of sp³-hybridized carbons (Fsp3) is 0.429. The maximum absolute atomic E-state index is 12.9. The van der Waals surface area contributed by atoms with Gasteiger partial charge in [-0.1, -0.05) is 11.3 Å². The normalized spacial score (nSPS) is 12.1. The number of rotatable bonds is 5. The predicted octanol–water partition coefficient (Wildman–Crippen LogP) is 2.81. The van der Waals surface area contributed by atoms with Gasteiger partial charge in [0, 0.05) is 13.2 Å². The summed E-state index contributed by atoms with van der Waals surface area (Å²) >= 11 is 1.17. The number of aryl methyl sites for hydroxylation is 1. The molecule has 0 bridgehead atoms. The van der Waals surface area contributed by atoms with E-state index < -0.39 is 23.1 Å². The van der Waals surface area contributed by atoms with E-state index in [2.05, 4.69) is 25.6 Å². The van der Waals surface area contributed by atoms with Gasteiger partial charge < -0.3 is 16.4 Å². The Kier molecular flexibility index (Phi) is 4.89. The largest absolute Gasteiger partial charge is 0.421 e. The van der Waals surface area contributed by atoms with E-state index in [0.717, 1.165) is 0 Å². The Balaban J connectivity index is 2.35. The highest BCUT2D eigenvalue weighted by Gasteiger charge is 2.35. The number of carbonyl (C=O) groups excluding carboxylic acids is 1. The third kappa shape index (κ3) is 3.81. The maximum Gasteiger partial charge on any atom is 0.421 e. The molecule has 0 aromatic carbocycles. The van der Waals surface area contributed by atoms with Crippen molar-refractivity contribution in [1.82, 2.24) is 15.0 Å².